The van der Waals surface area contributed by atoms with Gasteiger partial charge in [0.1, 0.15) is 0 Å². The molecule has 1 aromatic heterocycles. The molecule has 2 aromatic rings. The molecule has 84 valence electrons. The molecule has 0 aliphatic rings. The van der Waals surface area contributed by atoms with E-state index in [4.69, 9.17) is 5.11 Å². The maximum absolute atomic E-state index is 10.8. The van der Waals surface area contributed by atoms with E-state index < -0.39 is 5.97 Å². The topological polar surface area (TPSA) is 66.0 Å². The molecule has 0 fully saturated rings. The number of benzene rings is 1. The van der Waals surface area contributed by atoms with Gasteiger partial charge in [-0.3, -0.25) is 0 Å². The highest BCUT2D eigenvalue weighted by atomic mass is 16.4. The zero-order valence-corrected chi connectivity index (χ0v) is 9.16. The van der Waals surface area contributed by atoms with Gasteiger partial charge in [-0.15, -0.1) is 0 Å². The summed E-state index contributed by atoms with van der Waals surface area (Å²) in [5.41, 5.74) is 2.70. The number of H-pyrrole nitrogens is 1. The van der Waals surface area contributed by atoms with Crippen LogP contribution in [-0.2, 0) is 6.42 Å². The van der Waals surface area contributed by atoms with Crippen molar-refractivity contribution >= 4 is 17.0 Å². The third-order valence-electron chi connectivity index (χ3n) is 2.60. The monoisotopic (exact) mass is 218 g/mol. The highest BCUT2D eigenvalue weighted by Crippen LogP contribution is 2.18. The SMILES string of the molecule is CCCCc1cccc2[nH]c(C(=O)O)nc12. The van der Waals surface area contributed by atoms with E-state index in [1.165, 1.54) is 0 Å². The number of carbonyl (C=O) groups is 1. The van der Waals surface area contributed by atoms with Gasteiger partial charge in [-0.05, 0) is 24.5 Å². The maximum Gasteiger partial charge on any atom is 0.371 e. The summed E-state index contributed by atoms with van der Waals surface area (Å²) >= 11 is 0. The number of imidazole rings is 1. The average molecular weight is 218 g/mol. The summed E-state index contributed by atoms with van der Waals surface area (Å²) in [4.78, 5) is 17.7. The predicted molar refractivity (Wildman–Crippen MR) is 61.7 cm³/mol. The fourth-order valence-corrected chi connectivity index (χ4v) is 1.76. The summed E-state index contributed by atoms with van der Waals surface area (Å²) in [6.07, 6.45) is 3.15. The number of aromatic nitrogens is 2. The molecule has 1 aromatic carbocycles. The highest BCUT2D eigenvalue weighted by Gasteiger charge is 2.11. The zero-order chi connectivity index (χ0) is 11.5. The van der Waals surface area contributed by atoms with Crippen LogP contribution in [0.4, 0.5) is 0 Å². The number of aromatic carboxylic acids is 1. The number of hydrogen-bond donors (Lipinski definition) is 2. The lowest BCUT2D eigenvalue weighted by Crippen LogP contribution is -1.98. The smallest absolute Gasteiger partial charge is 0.371 e. The first-order chi connectivity index (χ1) is 7.72. The fraction of sp³-hybridized carbons (Fsp3) is 0.333. The maximum atomic E-state index is 10.8. The average Bonchev–Trinajstić information content (AvgIpc) is 2.70. The predicted octanol–water partition coefficient (Wildman–Crippen LogP) is 2.60. The Bertz CT molecular complexity index is 517. The van der Waals surface area contributed by atoms with Crippen LogP contribution in [0.15, 0.2) is 18.2 Å². The summed E-state index contributed by atoms with van der Waals surface area (Å²) in [7, 11) is 0. The molecule has 0 unspecified atom stereocenters. The Labute approximate surface area is 93.3 Å². The largest absolute Gasteiger partial charge is 0.475 e. The molecule has 0 amide bonds. The Morgan fingerprint density at radius 3 is 3.00 bits per heavy atom. The Kier molecular flexibility index (Phi) is 2.90. The van der Waals surface area contributed by atoms with Gasteiger partial charge in [0.15, 0.2) is 0 Å². The van der Waals surface area contributed by atoms with E-state index in [-0.39, 0.29) is 5.82 Å². The minimum atomic E-state index is -1.02. The molecule has 4 heteroatoms. The van der Waals surface area contributed by atoms with Gasteiger partial charge >= 0.3 is 5.97 Å². The molecular formula is C12H14N2O2. The number of hydrogen-bond acceptors (Lipinski definition) is 2. The first kappa shape index (κ1) is 10.7. The van der Waals surface area contributed by atoms with Gasteiger partial charge in [0.2, 0.25) is 5.82 Å². The molecule has 1 heterocycles. The first-order valence-corrected chi connectivity index (χ1v) is 5.43. The second kappa shape index (κ2) is 4.35. The summed E-state index contributed by atoms with van der Waals surface area (Å²) in [5, 5.41) is 8.86. The van der Waals surface area contributed by atoms with Gasteiger partial charge < -0.3 is 10.1 Å². The van der Waals surface area contributed by atoms with Crippen molar-refractivity contribution in [3.05, 3.63) is 29.6 Å². The molecule has 0 atom stereocenters. The second-order valence-corrected chi connectivity index (χ2v) is 3.81. The number of rotatable bonds is 4. The van der Waals surface area contributed by atoms with E-state index in [0.29, 0.717) is 0 Å². The van der Waals surface area contributed by atoms with Crippen molar-refractivity contribution < 1.29 is 9.90 Å². The van der Waals surface area contributed by atoms with E-state index in [1.807, 2.05) is 18.2 Å². The molecule has 0 spiro atoms. The van der Waals surface area contributed by atoms with E-state index >= 15 is 0 Å². The van der Waals surface area contributed by atoms with Gasteiger partial charge in [-0.25, -0.2) is 9.78 Å². The third kappa shape index (κ3) is 1.91. The van der Waals surface area contributed by atoms with Crippen LogP contribution in [-0.4, -0.2) is 21.0 Å². The normalized spacial score (nSPS) is 10.8. The Morgan fingerprint density at radius 2 is 2.31 bits per heavy atom. The first-order valence-electron chi connectivity index (χ1n) is 5.43. The third-order valence-corrected chi connectivity index (χ3v) is 2.60. The summed E-state index contributed by atoms with van der Waals surface area (Å²) in [5.74, 6) is -1.00. The van der Waals surface area contributed by atoms with Gasteiger partial charge in [0, 0.05) is 0 Å². The lowest BCUT2D eigenvalue weighted by molar-refractivity contribution is 0.0685. The van der Waals surface area contributed by atoms with Crippen LogP contribution in [0.3, 0.4) is 0 Å². The van der Waals surface area contributed by atoms with Crippen LogP contribution in [0.25, 0.3) is 11.0 Å². The molecule has 4 nitrogen and oxygen atoms in total. The molecule has 2 N–H and O–H groups in total. The van der Waals surface area contributed by atoms with E-state index in [0.717, 1.165) is 35.9 Å². The van der Waals surface area contributed by atoms with Crippen molar-refractivity contribution in [1.82, 2.24) is 9.97 Å². The van der Waals surface area contributed by atoms with Crippen LogP contribution < -0.4 is 0 Å². The molecular weight excluding hydrogens is 204 g/mol. The number of nitrogens with one attached hydrogen (secondary N) is 1. The number of fused-ring (bicyclic) bond motifs is 1. The van der Waals surface area contributed by atoms with Crippen molar-refractivity contribution in [3.8, 4) is 0 Å². The quantitative estimate of drug-likeness (QED) is 0.828. The van der Waals surface area contributed by atoms with Crippen molar-refractivity contribution in [2.24, 2.45) is 0 Å². The summed E-state index contributed by atoms with van der Waals surface area (Å²) in [6.45, 7) is 2.13. The van der Waals surface area contributed by atoms with E-state index in [9.17, 15) is 4.79 Å². The minimum Gasteiger partial charge on any atom is -0.475 e. The molecule has 0 saturated heterocycles. The fourth-order valence-electron chi connectivity index (χ4n) is 1.76. The molecule has 16 heavy (non-hydrogen) atoms. The van der Waals surface area contributed by atoms with Crippen molar-refractivity contribution in [2.45, 2.75) is 26.2 Å². The summed E-state index contributed by atoms with van der Waals surface area (Å²) in [6, 6.07) is 5.78. The van der Waals surface area contributed by atoms with E-state index in [1.54, 1.807) is 0 Å². The van der Waals surface area contributed by atoms with Gasteiger partial charge in [0.05, 0.1) is 11.0 Å². The van der Waals surface area contributed by atoms with Gasteiger partial charge in [-0.2, -0.15) is 0 Å². The van der Waals surface area contributed by atoms with Gasteiger partial charge in [-0.1, -0.05) is 25.5 Å². The standard InChI is InChI=1S/C12H14N2O2/c1-2-3-5-8-6-4-7-9-10(8)14-11(13-9)12(15)16/h4,6-7H,2-3,5H2,1H3,(H,13,14)(H,15,16). The number of carboxylic acid groups (broad SMARTS) is 1. The minimum absolute atomic E-state index is 0.0129. The Hall–Kier alpha value is -1.84. The van der Waals surface area contributed by atoms with Crippen molar-refractivity contribution in [3.63, 3.8) is 0 Å². The van der Waals surface area contributed by atoms with Crippen LogP contribution in [0.2, 0.25) is 0 Å². The van der Waals surface area contributed by atoms with Crippen LogP contribution in [0.5, 0.6) is 0 Å². The van der Waals surface area contributed by atoms with Gasteiger partial charge in [0.25, 0.3) is 0 Å². The Balaban J connectivity index is 2.45. The molecule has 2 rings (SSSR count). The lowest BCUT2D eigenvalue weighted by Gasteiger charge is -1.99. The van der Waals surface area contributed by atoms with Crippen LogP contribution in [0, 0.1) is 0 Å². The van der Waals surface area contributed by atoms with Crippen molar-refractivity contribution in [2.75, 3.05) is 0 Å². The molecule has 0 aliphatic carbocycles. The van der Waals surface area contributed by atoms with Crippen LogP contribution >= 0.6 is 0 Å². The number of aromatic amines is 1. The second-order valence-electron chi connectivity index (χ2n) is 3.81. The zero-order valence-electron chi connectivity index (χ0n) is 9.16. The summed E-state index contributed by atoms with van der Waals surface area (Å²) < 4.78 is 0. The Morgan fingerprint density at radius 1 is 1.50 bits per heavy atom. The highest BCUT2D eigenvalue weighted by molar-refractivity contribution is 5.89. The number of para-hydroxylation sites is 1. The molecule has 0 radical (unpaired) electrons. The molecule has 0 saturated carbocycles. The number of aryl methyl sites for hydroxylation is 1. The molecule has 0 bridgehead atoms. The number of unbranched alkanes of at least 4 members (excludes halogenated alkanes) is 1. The number of nitrogens with zero attached hydrogens (tertiary/aromatic N) is 1. The van der Waals surface area contributed by atoms with Crippen LogP contribution in [0.1, 0.15) is 35.9 Å². The number of carboxylic acids is 1. The molecule has 0 aliphatic heterocycles. The lowest BCUT2D eigenvalue weighted by atomic mass is 10.1. The van der Waals surface area contributed by atoms with Crippen molar-refractivity contribution in [1.29, 1.82) is 0 Å². The van der Waals surface area contributed by atoms with E-state index in [2.05, 4.69) is 16.9 Å².